The third-order valence-corrected chi connectivity index (χ3v) is 3.35. The van der Waals surface area contributed by atoms with Gasteiger partial charge in [-0.3, -0.25) is 4.98 Å². The summed E-state index contributed by atoms with van der Waals surface area (Å²) in [5.41, 5.74) is 3.43. The average molecular weight is 266 g/mol. The van der Waals surface area contributed by atoms with Crippen LogP contribution in [0, 0.1) is 0 Å². The molecule has 0 saturated heterocycles. The van der Waals surface area contributed by atoms with E-state index in [9.17, 15) is 0 Å². The largest absolute Gasteiger partial charge is 0.333 e. The Bertz CT molecular complexity index is 702. The normalized spacial score (nSPS) is 11.1. The fraction of sp³-hybridized carbons (Fsp3) is 0.250. The van der Waals surface area contributed by atoms with Crippen LogP contribution >= 0.6 is 0 Å². The zero-order chi connectivity index (χ0) is 13.8. The summed E-state index contributed by atoms with van der Waals surface area (Å²) in [7, 11) is 1.96. The lowest BCUT2D eigenvalue weighted by atomic mass is 10.1. The molecule has 0 bridgehead atoms. The molecule has 3 aromatic rings. The Morgan fingerprint density at radius 2 is 2.15 bits per heavy atom. The SMILES string of the molecule is CNCCc1cn(Cc2ccc3ncccc3c2)cn1. The van der Waals surface area contributed by atoms with Crippen molar-refractivity contribution in [1.29, 1.82) is 0 Å². The summed E-state index contributed by atoms with van der Waals surface area (Å²) in [4.78, 5) is 8.76. The molecule has 0 amide bonds. The first kappa shape index (κ1) is 12.8. The zero-order valence-corrected chi connectivity index (χ0v) is 11.6. The predicted molar refractivity (Wildman–Crippen MR) is 80.7 cm³/mol. The predicted octanol–water partition coefficient (Wildman–Crippen LogP) is 2.24. The molecule has 0 saturated carbocycles. The number of aromatic nitrogens is 3. The van der Waals surface area contributed by atoms with E-state index in [-0.39, 0.29) is 0 Å². The Labute approximate surface area is 118 Å². The van der Waals surface area contributed by atoms with Crippen LogP contribution in [0.4, 0.5) is 0 Å². The van der Waals surface area contributed by atoms with Gasteiger partial charge in [-0.1, -0.05) is 12.1 Å². The van der Waals surface area contributed by atoms with E-state index in [0.29, 0.717) is 0 Å². The Kier molecular flexibility index (Phi) is 3.74. The second kappa shape index (κ2) is 5.84. The highest BCUT2D eigenvalue weighted by atomic mass is 15.0. The molecule has 2 aromatic heterocycles. The lowest BCUT2D eigenvalue weighted by Gasteiger charge is -2.04. The number of hydrogen-bond donors (Lipinski definition) is 1. The van der Waals surface area contributed by atoms with Gasteiger partial charge in [0.2, 0.25) is 0 Å². The van der Waals surface area contributed by atoms with Crippen LogP contribution in [0.25, 0.3) is 10.9 Å². The quantitative estimate of drug-likeness (QED) is 0.770. The Hall–Kier alpha value is -2.20. The van der Waals surface area contributed by atoms with Crippen LogP contribution in [0.2, 0.25) is 0 Å². The van der Waals surface area contributed by atoms with E-state index in [2.05, 4.69) is 50.3 Å². The van der Waals surface area contributed by atoms with Crippen LogP contribution in [0.5, 0.6) is 0 Å². The number of hydrogen-bond acceptors (Lipinski definition) is 3. The van der Waals surface area contributed by atoms with Gasteiger partial charge in [-0.05, 0) is 30.8 Å². The van der Waals surface area contributed by atoms with Crippen molar-refractivity contribution in [2.24, 2.45) is 0 Å². The molecule has 0 fully saturated rings. The van der Waals surface area contributed by atoms with Gasteiger partial charge in [-0.2, -0.15) is 0 Å². The number of pyridine rings is 1. The van der Waals surface area contributed by atoms with E-state index in [0.717, 1.165) is 30.7 Å². The maximum Gasteiger partial charge on any atom is 0.0952 e. The second-order valence-electron chi connectivity index (χ2n) is 4.92. The van der Waals surface area contributed by atoms with Crippen LogP contribution in [-0.4, -0.2) is 28.1 Å². The first-order chi connectivity index (χ1) is 9.85. The van der Waals surface area contributed by atoms with Crippen LogP contribution in [0.15, 0.2) is 49.1 Å². The first-order valence-electron chi connectivity index (χ1n) is 6.84. The van der Waals surface area contributed by atoms with Gasteiger partial charge in [-0.25, -0.2) is 4.98 Å². The maximum absolute atomic E-state index is 4.42. The third-order valence-electron chi connectivity index (χ3n) is 3.35. The number of nitrogens with one attached hydrogen (secondary N) is 1. The van der Waals surface area contributed by atoms with E-state index >= 15 is 0 Å². The molecular formula is C16H18N4. The molecule has 0 atom stereocenters. The van der Waals surface area contributed by atoms with Gasteiger partial charge in [0.1, 0.15) is 0 Å². The molecule has 0 aliphatic rings. The van der Waals surface area contributed by atoms with Gasteiger partial charge in [0.05, 0.1) is 17.5 Å². The molecule has 20 heavy (non-hydrogen) atoms. The number of rotatable bonds is 5. The van der Waals surface area contributed by atoms with Crippen molar-refractivity contribution >= 4 is 10.9 Å². The third kappa shape index (κ3) is 2.86. The monoisotopic (exact) mass is 266 g/mol. The number of benzene rings is 1. The molecular weight excluding hydrogens is 248 g/mol. The summed E-state index contributed by atoms with van der Waals surface area (Å²) >= 11 is 0. The van der Waals surface area contributed by atoms with Gasteiger partial charge in [0.25, 0.3) is 0 Å². The molecule has 1 aromatic carbocycles. The minimum Gasteiger partial charge on any atom is -0.333 e. The van der Waals surface area contributed by atoms with Crippen LogP contribution in [0.1, 0.15) is 11.3 Å². The highest BCUT2D eigenvalue weighted by molar-refractivity contribution is 5.78. The summed E-state index contributed by atoms with van der Waals surface area (Å²) in [6.45, 7) is 1.80. The highest BCUT2D eigenvalue weighted by Crippen LogP contribution is 2.14. The molecule has 102 valence electrons. The average Bonchev–Trinajstić information content (AvgIpc) is 2.92. The molecule has 2 heterocycles. The standard InChI is InChI=1S/C16H18N4/c1-17-8-6-15-11-20(12-19-15)10-13-4-5-16-14(9-13)3-2-7-18-16/h2-5,7,9,11-12,17H,6,8,10H2,1H3. The summed E-state index contributed by atoms with van der Waals surface area (Å²) in [5.74, 6) is 0. The highest BCUT2D eigenvalue weighted by Gasteiger charge is 2.01. The lowest BCUT2D eigenvalue weighted by Crippen LogP contribution is -2.10. The van der Waals surface area contributed by atoms with Crippen LogP contribution < -0.4 is 5.32 Å². The van der Waals surface area contributed by atoms with Crippen molar-refractivity contribution in [2.75, 3.05) is 13.6 Å². The second-order valence-corrected chi connectivity index (χ2v) is 4.92. The molecule has 0 unspecified atom stereocenters. The first-order valence-corrected chi connectivity index (χ1v) is 6.84. The van der Waals surface area contributed by atoms with Crippen molar-refractivity contribution in [3.8, 4) is 0 Å². The Balaban J connectivity index is 1.76. The van der Waals surface area contributed by atoms with E-state index in [1.54, 1.807) is 0 Å². The van der Waals surface area contributed by atoms with E-state index in [1.807, 2.05) is 25.6 Å². The smallest absolute Gasteiger partial charge is 0.0952 e. The van der Waals surface area contributed by atoms with Gasteiger partial charge >= 0.3 is 0 Å². The number of fused-ring (bicyclic) bond motifs is 1. The number of likely N-dealkylation sites (N-methyl/N-ethyl adjacent to an activating group) is 1. The number of imidazole rings is 1. The van der Waals surface area contributed by atoms with Crippen LogP contribution in [-0.2, 0) is 13.0 Å². The topological polar surface area (TPSA) is 42.7 Å². The van der Waals surface area contributed by atoms with Crippen molar-refractivity contribution in [3.05, 3.63) is 60.3 Å². The summed E-state index contributed by atoms with van der Waals surface area (Å²) in [5, 5.41) is 4.32. The van der Waals surface area contributed by atoms with E-state index in [1.165, 1.54) is 10.9 Å². The van der Waals surface area contributed by atoms with Gasteiger partial charge in [-0.15, -0.1) is 0 Å². The van der Waals surface area contributed by atoms with Gasteiger partial charge < -0.3 is 9.88 Å². The fourth-order valence-corrected chi connectivity index (χ4v) is 2.31. The van der Waals surface area contributed by atoms with Crippen molar-refractivity contribution in [2.45, 2.75) is 13.0 Å². The van der Waals surface area contributed by atoms with Crippen molar-refractivity contribution in [1.82, 2.24) is 19.9 Å². The molecule has 4 heteroatoms. The zero-order valence-electron chi connectivity index (χ0n) is 11.6. The van der Waals surface area contributed by atoms with Crippen molar-refractivity contribution in [3.63, 3.8) is 0 Å². The molecule has 4 nitrogen and oxygen atoms in total. The minimum atomic E-state index is 0.845. The maximum atomic E-state index is 4.42. The summed E-state index contributed by atoms with van der Waals surface area (Å²) in [6, 6.07) is 10.5. The fourth-order valence-electron chi connectivity index (χ4n) is 2.31. The van der Waals surface area contributed by atoms with Gasteiger partial charge in [0, 0.05) is 37.3 Å². The summed E-state index contributed by atoms with van der Waals surface area (Å²) < 4.78 is 2.13. The number of nitrogens with zero attached hydrogens (tertiary/aromatic N) is 3. The minimum absolute atomic E-state index is 0.845. The molecule has 0 aliphatic heterocycles. The van der Waals surface area contributed by atoms with E-state index < -0.39 is 0 Å². The van der Waals surface area contributed by atoms with Crippen LogP contribution in [0.3, 0.4) is 0 Å². The molecule has 0 radical (unpaired) electrons. The molecule has 1 N–H and O–H groups in total. The molecule has 3 rings (SSSR count). The van der Waals surface area contributed by atoms with Crippen molar-refractivity contribution < 1.29 is 0 Å². The van der Waals surface area contributed by atoms with Gasteiger partial charge in [0.15, 0.2) is 0 Å². The molecule has 0 aliphatic carbocycles. The Morgan fingerprint density at radius 3 is 3.05 bits per heavy atom. The van der Waals surface area contributed by atoms with E-state index in [4.69, 9.17) is 0 Å². The molecule has 0 spiro atoms. The lowest BCUT2D eigenvalue weighted by molar-refractivity contribution is 0.774. The summed E-state index contributed by atoms with van der Waals surface area (Å²) in [6.07, 6.45) is 6.81. The Morgan fingerprint density at radius 1 is 1.20 bits per heavy atom.